The van der Waals surface area contributed by atoms with Crippen molar-refractivity contribution in [3.8, 4) is 0 Å². The number of rotatable bonds is 9. The number of methoxy groups -OCH3 is 1. The molecule has 1 aromatic heterocycles. The Labute approximate surface area is 176 Å². The van der Waals surface area contributed by atoms with E-state index in [-0.39, 0.29) is 36.2 Å². The predicted octanol–water partition coefficient (Wildman–Crippen LogP) is 2.50. The summed E-state index contributed by atoms with van der Waals surface area (Å²) in [4.78, 5) is 26.9. The van der Waals surface area contributed by atoms with Crippen LogP contribution in [0.3, 0.4) is 0 Å². The molecule has 162 valence electrons. The number of ether oxygens (including phenoxy) is 1. The number of carbonyl (C=O) groups excluding carboxylic acids is 2. The lowest BCUT2D eigenvalue weighted by atomic mass is 9.95. The monoisotopic (exact) mass is 416 g/mol. The summed E-state index contributed by atoms with van der Waals surface area (Å²) in [6.07, 6.45) is 4.05. The zero-order valence-electron chi connectivity index (χ0n) is 17.7. The number of benzene rings is 1. The fraction of sp³-hybridized carbons (Fsp3) is 0.500. The molecule has 0 radical (unpaired) electrons. The van der Waals surface area contributed by atoms with Crippen LogP contribution in [0.2, 0.25) is 0 Å². The topological polar surface area (TPSA) is 76.5 Å². The van der Waals surface area contributed by atoms with Gasteiger partial charge < -0.3 is 15.0 Å². The van der Waals surface area contributed by atoms with Gasteiger partial charge in [-0.2, -0.15) is 5.10 Å². The van der Waals surface area contributed by atoms with Crippen molar-refractivity contribution in [2.45, 2.75) is 38.8 Å². The van der Waals surface area contributed by atoms with Gasteiger partial charge in [0.25, 0.3) is 0 Å². The van der Waals surface area contributed by atoms with Gasteiger partial charge in [-0.3, -0.25) is 14.3 Å². The fourth-order valence-electron chi connectivity index (χ4n) is 3.86. The maximum Gasteiger partial charge on any atom is 0.224 e. The highest BCUT2D eigenvalue weighted by Crippen LogP contribution is 2.37. The molecular weight excluding hydrogens is 387 g/mol. The average molecular weight is 416 g/mol. The van der Waals surface area contributed by atoms with Gasteiger partial charge >= 0.3 is 0 Å². The molecule has 0 unspecified atom stereocenters. The highest BCUT2D eigenvalue weighted by molar-refractivity contribution is 5.81. The van der Waals surface area contributed by atoms with Crippen LogP contribution >= 0.6 is 0 Å². The van der Waals surface area contributed by atoms with Crippen LogP contribution in [0.1, 0.15) is 43.5 Å². The minimum atomic E-state index is -0.395. The van der Waals surface area contributed by atoms with E-state index >= 15 is 0 Å². The van der Waals surface area contributed by atoms with E-state index in [9.17, 15) is 14.0 Å². The Kier molecular flexibility index (Phi) is 7.20. The molecule has 30 heavy (non-hydrogen) atoms. The van der Waals surface area contributed by atoms with E-state index in [1.54, 1.807) is 36.4 Å². The number of amides is 2. The van der Waals surface area contributed by atoms with Crippen molar-refractivity contribution in [2.75, 3.05) is 26.8 Å². The molecule has 2 amide bonds. The molecule has 1 aliphatic heterocycles. The molecule has 2 aromatic rings. The second-order valence-corrected chi connectivity index (χ2v) is 7.91. The van der Waals surface area contributed by atoms with E-state index in [1.165, 1.54) is 6.07 Å². The number of hydrogen-bond acceptors (Lipinski definition) is 4. The third-order valence-corrected chi connectivity index (χ3v) is 5.44. The van der Waals surface area contributed by atoms with Crippen LogP contribution in [0.25, 0.3) is 0 Å². The van der Waals surface area contributed by atoms with E-state index in [4.69, 9.17) is 4.74 Å². The maximum absolute atomic E-state index is 13.8. The number of hydrogen-bond donors (Lipinski definition) is 1. The van der Waals surface area contributed by atoms with E-state index in [1.807, 2.05) is 24.7 Å². The first kappa shape index (κ1) is 22.0. The van der Waals surface area contributed by atoms with Crippen molar-refractivity contribution in [3.05, 3.63) is 53.6 Å². The molecule has 1 aliphatic rings. The smallest absolute Gasteiger partial charge is 0.224 e. The zero-order chi connectivity index (χ0) is 21.7. The Morgan fingerprint density at radius 2 is 2.13 bits per heavy atom. The Balaban J connectivity index is 1.71. The first-order valence-electron chi connectivity index (χ1n) is 10.2. The van der Waals surface area contributed by atoms with Gasteiger partial charge in [0.05, 0.1) is 25.3 Å². The lowest BCUT2D eigenvalue weighted by Gasteiger charge is -2.27. The molecule has 0 spiro atoms. The summed E-state index contributed by atoms with van der Waals surface area (Å²) in [5.41, 5.74) is 1.30. The Hall–Kier alpha value is -2.74. The Bertz CT molecular complexity index is 883. The zero-order valence-corrected chi connectivity index (χ0v) is 17.7. The van der Waals surface area contributed by atoms with Crippen molar-refractivity contribution >= 4 is 11.8 Å². The van der Waals surface area contributed by atoms with Gasteiger partial charge in [0.15, 0.2) is 0 Å². The van der Waals surface area contributed by atoms with E-state index in [2.05, 4.69) is 10.4 Å². The van der Waals surface area contributed by atoms with Crippen molar-refractivity contribution in [3.63, 3.8) is 0 Å². The summed E-state index contributed by atoms with van der Waals surface area (Å²) in [6.45, 7) is 5.33. The normalized spacial score (nSPS) is 19.0. The lowest BCUT2D eigenvalue weighted by molar-refractivity contribution is -0.129. The summed E-state index contributed by atoms with van der Waals surface area (Å²) in [6, 6.07) is 6.27. The molecule has 2 heterocycles. The summed E-state index contributed by atoms with van der Waals surface area (Å²) in [5, 5.41) is 7.30. The molecule has 1 saturated heterocycles. The van der Waals surface area contributed by atoms with Gasteiger partial charge in [-0.25, -0.2) is 4.39 Å². The minimum absolute atomic E-state index is 0.0303. The van der Waals surface area contributed by atoms with Crippen LogP contribution in [0, 0.1) is 11.7 Å². The summed E-state index contributed by atoms with van der Waals surface area (Å²) < 4.78 is 20.8. The van der Waals surface area contributed by atoms with Gasteiger partial charge in [-0.15, -0.1) is 0 Å². The molecule has 1 fully saturated rings. The molecule has 8 heteroatoms. The first-order chi connectivity index (χ1) is 14.4. The standard InChI is InChI=1S/C22H29FN4O3/c1-15(2)27-14-18(13-25-27)22-17(11-21(29)26(22)8-9-30-3)12-24-20(28)10-16-6-4-5-7-19(16)23/h4-7,13-15,17,22H,8-12H2,1-3H3,(H,24,28)/t17-,22+/m0/s1. The van der Waals surface area contributed by atoms with Gasteiger partial charge in [0, 0.05) is 50.3 Å². The molecule has 0 aliphatic carbocycles. The SMILES string of the molecule is COCCN1C(=O)C[C@@H](CNC(=O)Cc2ccccc2F)[C@@H]1c1cnn(C(C)C)c1. The van der Waals surface area contributed by atoms with Crippen molar-refractivity contribution in [1.82, 2.24) is 20.0 Å². The Morgan fingerprint density at radius 1 is 1.37 bits per heavy atom. The maximum atomic E-state index is 13.8. The van der Waals surface area contributed by atoms with Gasteiger partial charge in [0.1, 0.15) is 5.82 Å². The van der Waals surface area contributed by atoms with Crippen molar-refractivity contribution < 1.29 is 18.7 Å². The van der Waals surface area contributed by atoms with Crippen LogP contribution in [0.15, 0.2) is 36.7 Å². The number of carbonyl (C=O) groups is 2. The van der Waals surface area contributed by atoms with Crippen molar-refractivity contribution in [1.29, 1.82) is 0 Å². The highest BCUT2D eigenvalue weighted by Gasteiger charge is 2.41. The third kappa shape index (κ3) is 5.05. The number of aromatic nitrogens is 2. The molecular formula is C22H29FN4O3. The van der Waals surface area contributed by atoms with E-state index in [0.29, 0.717) is 31.7 Å². The van der Waals surface area contributed by atoms with Gasteiger partial charge in [-0.05, 0) is 25.5 Å². The fourth-order valence-corrected chi connectivity index (χ4v) is 3.86. The number of nitrogens with zero attached hydrogens (tertiary/aromatic N) is 3. The molecule has 0 saturated carbocycles. The molecule has 1 aromatic carbocycles. The van der Waals surface area contributed by atoms with Crippen molar-refractivity contribution in [2.24, 2.45) is 5.92 Å². The summed E-state index contributed by atoms with van der Waals surface area (Å²) in [7, 11) is 1.60. The van der Waals surface area contributed by atoms with Gasteiger partial charge in [0.2, 0.25) is 11.8 Å². The number of halogens is 1. The number of nitrogens with one attached hydrogen (secondary N) is 1. The predicted molar refractivity (Wildman–Crippen MR) is 110 cm³/mol. The second kappa shape index (κ2) is 9.84. The van der Waals surface area contributed by atoms with Crippen LogP contribution in [-0.2, 0) is 20.7 Å². The van der Waals surface area contributed by atoms with Crippen LogP contribution in [0.5, 0.6) is 0 Å². The third-order valence-electron chi connectivity index (χ3n) is 5.44. The minimum Gasteiger partial charge on any atom is -0.383 e. The highest BCUT2D eigenvalue weighted by atomic mass is 19.1. The summed E-state index contributed by atoms with van der Waals surface area (Å²) in [5.74, 6) is -0.723. The molecule has 7 nitrogen and oxygen atoms in total. The van der Waals surface area contributed by atoms with Crippen LogP contribution in [-0.4, -0.2) is 53.3 Å². The van der Waals surface area contributed by atoms with Crippen LogP contribution in [0.4, 0.5) is 4.39 Å². The van der Waals surface area contributed by atoms with E-state index in [0.717, 1.165) is 5.56 Å². The number of likely N-dealkylation sites (tertiary alicyclic amines) is 1. The lowest BCUT2D eigenvalue weighted by Crippen LogP contribution is -2.35. The van der Waals surface area contributed by atoms with Crippen LogP contribution < -0.4 is 5.32 Å². The Morgan fingerprint density at radius 3 is 2.80 bits per heavy atom. The second-order valence-electron chi connectivity index (χ2n) is 7.91. The quantitative estimate of drug-likeness (QED) is 0.682. The van der Waals surface area contributed by atoms with Gasteiger partial charge in [-0.1, -0.05) is 18.2 Å². The average Bonchev–Trinajstić information content (AvgIpc) is 3.31. The van der Waals surface area contributed by atoms with E-state index < -0.39 is 5.82 Å². The largest absolute Gasteiger partial charge is 0.383 e. The first-order valence-corrected chi connectivity index (χ1v) is 10.2. The molecule has 0 bridgehead atoms. The molecule has 3 rings (SSSR count). The molecule has 2 atom stereocenters. The summed E-state index contributed by atoms with van der Waals surface area (Å²) >= 11 is 0. The molecule has 1 N–H and O–H groups in total.